The van der Waals surface area contributed by atoms with E-state index in [1.54, 1.807) is 12.3 Å². The summed E-state index contributed by atoms with van der Waals surface area (Å²) < 4.78 is 10.3. The Bertz CT molecular complexity index is 1610. The van der Waals surface area contributed by atoms with Crippen LogP contribution in [0.15, 0.2) is 51.0 Å². The predicted molar refractivity (Wildman–Crippen MR) is 152 cm³/mol. The van der Waals surface area contributed by atoms with Crippen molar-refractivity contribution in [1.29, 1.82) is 0 Å². The first-order chi connectivity index (χ1) is 20.7. The zero-order valence-electron chi connectivity index (χ0n) is 23.7. The van der Waals surface area contributed by atoms with Crippen LogP contribution in [0.1, 0.15) is 79.6 Å². The highest BCUT2D eigenvalue weighted by molar-refractivity contribution is 7.09. The zero-order chi connectivity index (χ0) is 30.5. The van der Waals surface area contributed by atoms with Crippen molar-refractivity contribution in [2.75, 3.05) is 19.6 Å². The maximum absolute atomic E-state index is 13.3. The molecule has 1 aromatic carbocycles. The number of rotatable bonds is 4. The van der Waals surface area contributed by atoms with E-state index in [0.717, 1.165) is 5.56 Å². The lowest BCUT2D eigenvalue weighted by Gasteiger charge is -2.25. The standard InChI is InChI=1S/C28H30N8O6S/c1-15(2)22-27-32-20(14-43-27)25(39)30-18(11-17-7-5-4-6-8-17)26-31-19(13-41-26)24(38)29-9-10-36(12-21(37)33-22)28(40)23-16(3)34-42-35-23/h4-8,13-15,18,22H,9-12H2,1-3H3,(H,29,38)(H,30,39)(H,33,37)/t18-,22-/m0/s1. The van der Waals surface area contributed by atoms with Gasteiger partial charge in [-0.1, -0.05) is 49.3 Å². The minimum absolute atomic E-state index is 0.00198. The molecule has 1 aliphatic heterocycles. The third-order valence-corrected chi connectivity index (χ3v) is 7.72. The van der Waals surface area contributed by atoms with E-state index in [4.69, 9.17) is 4.42 Å². The van der Waals surface area contributed by atoms with Crippen LogP contribution in [0.2, 0.25) is 0 Å². The van der Waals surface area contributed by atoms with Gasteiger partial charge < -0.3 is 25.3 Å². The Kier molecular flexibility index (Phi) is 8.90. The summed E-state index contributed by atoms with van der Waals surface area (Å²) in [4.78, 5) is 62.9. The molecule has 14 nitrogen and oxygen atoms in total. The third-order valence-electron chi connectivity index (χ3n) is 6.79. The molecule has 43 heavy (non-hydrogen) atoms. The molecule has 5 rings (SSSR count). The van der Waals surface area contributed by atoms with Crippen molar-refractivity contribution >= 4 is 35.0 Å². The molecule has 0 aliphatic carbocycles. The predicted octanol–water partition coefficient (Wildman–Crippen LogP) is 2.24. The van der Waals surface area contributed by atoms with Crippen LogP contribution in [-0.4, -0.2) is 68.4 Å². The molecule has 0 radical (unpaired) electrons. The van der Waals surface area contributed by atoms with E-state index >= 15 is 0 Å². The molecule has 15 heteroatoms. The average Bonchev–Trinajstić information content (AvgIpc) is 3.76. The molecule has 0 fully saturated rings. The number of carbonyl (C=O) groups excluding carboxylic acids is 4. The summed E-state index contributed by atoms with van der Waals surface area (Å²) in [6.45, 7) is 5.03. The molecule has 2 atom stereocenters. The Morgan fingerprint density at radius 1 is 1.07 bits per heavy atom. The van der Waals surface area contributed by atoms with Gasteiger partial charge in [0.25, 0.3) is 17.7 Å². The molecule has 0 spiro atoms. The normalized spacial score (nSPS) is 18.4. The molecule has 3 aromatic heterocycles. The van der Waals surface area contributed by atoms with Gasteiger partial charge in [-0.05, 0) is 23.6 Å². The van der Waals surface area contributed by atoms with Crippen molar-refractivity contribution in [2.45, 2.75) is 39.3 Å². The summed E-state index contributed by atoms with van der Waals surface area (Å²) >= 11 is 1.24. The van der Waals surface area contributed by atoms with Gasteiger partial charge in [0, 0.05) is 24.9 Å². The number of nitrogens with one attached hydrogen (secondary N) is 3. The molecule has 1 aliphatic rings. The summed E-state index contributed by atoms with van der Waals surface area (Å²) in [5, 5.41) is 18.0. The van der Waals surface area contributed by atoms with Gasteiger partial charge in [0.15, 0.2) is 11.4 Å². The molecular formula is C28H30N8O6S. The third kappa shape index (κ3) is 6.94. The smallest absolute Gasteiger partial charge is 0.278 e. The number of carbonyl (C=O) groups is 4. The molecular weight excluding hydrogens is 576 g/mol. The summed E-state index contributed by atoms with van der Waals surface area (Å²) in [5.41, 5.74) is 1.30. The first-order valence-electron chi connectivity index (χ1n) is 13.6. The largest absolute Gasteiger partial charge is 0.446 e. The lowest BCUT2D eigenvalue weighted by molar-refractivity contribution is -0.122. The maximum atomic E-state index is 13.3. The summed E-state index contributed by atoms with van der Waals surface area (Å²) in [7, 11) is 0. The molecule has 4 amide bonds. The number of thiazole rings is 1. The minimum atomic E-state index is -0.700. The van der Waals surface area contributed by atoms with Crippen LogP contribution in [0.3, 0.4) is 0 Å². The summed E-state index contributed by atoms with van der Waals surface area (Å²) in [6.07, 6.45) is 1.56. The highest BCUT2D eigenvalue weighted by atomic mass is 32.1. The fourth-order valence-electron chi connectivity index (χ4n) is 4.50. The van der Waals surface area contributed by atoms with Gasteiger partial charge in [-0.15, -0.1) is 11.3 Å². The first kappa shape index (κ1) is 29.6. The van der Waals surface area contributed by atoms with Crippen LogP contribution in [0.4, 0.5) is 0 Å². The highest BCUT2D eigenvalue weighted by Crippen LogP contribution is 2.26. The second-order valence-electron chi connectivity index (χ2n) is 10.3. The van der Waals surface area contributed by atoms with Crippen LogP contribution in [0.5, 0.6) is 0 Å². The van der Waals surface area contributed by atoms with E-state index in [-0.39, 0.29) is 54.2 Å². The summed E-state index contributed by atoms with van der Waals surface area (Å²) in [5.74, 6) is -1.99. The van der Waals surface area contributed by atoms with Gasteiger partial charge in [-0.3, -0.25) is 19.2 Å². The van der Waals surface area contributed by atoms with E-state index in [9.17, 15) is 19.2 Å². The Labute approximate surface area is 250 Å². The van der Waals surface area contributed by atoms with Gasteiger partial charge in [-0.25, -0.2) is 14.6 Å². The molecule has 0 saturated carbocycles. The van der Waals surface area contributed by atoms with Gasteiger partial charge in [0.2, 0.25) is 11.8 Å². The number of oxazole rings is 1. The zero-order valence-corrected chi connectivity index (χ0v) is 24.5. The van der Waals surface area contributed by atoms with Gasteiger partial charge in [-0.2, -0.15) is 0 Å². The number of fused-ring (bicyclic) bond motifs is 4. The van der Waals surface area contributed by atoms with E-state index in [1.807, 2.05) is 44.2 Å². The van der Waals surface area contributed by atoms with Crippen molar-refractivity contribution in [3.8, 4) is 0 Å². The Balaban J connectivity index is 1.47. The minimum Gasteiger partial charge on any atom is -0.446 e. The van der Waals surface area contributed by atoms with Gasteiger partial charge in [0.05, 0.1) is 12.6 Å². The van der Waals surface area contributed by atoms with E-state index < -0.39 is 35.7 Å². The molecule has 3 N–H and O–H groups in total. The Morgan fingerprint density at radius 3 is 2.58 bits per heavy atom. The average molecular weight is 607 g/mol. The second kappa shape index (κ2) is 12.9. The second-order valence-corrected chi connectivity index (χ2v) is 11.2. The molecule has 224 valence electrons. The van der Waals surface area contributed by atoms with Crippen molar-refractivity contribution in [1.82, 2.24) is 41.1 Å². The maximum Gasteiger partial charge on any atom is 0.278 e. The fourth-order valence-corrected chi connectivity index (χ4v) is 5.52. The quantitative estimate of drug-likeness (QED) is 0.311. The number of aryl methyl sites for hydroxylation is 1. The van der Waals surface area contributed by atoms with Crippen LogP contribution >= 0.6 is 11.3 Å². The molecule has 4 heterocycles. The Hall–Kier alpha value is -4.92. The van der Waals surface area contributed by atoms with Gasteiger partial charge >= 0.3 is 0 Å². The van der Waals surface area contributed by atoms with Crippen molar-refractivity contribution in [2.24, 2.45) is 5.92 Å². The molecule has 0 saturated heterocycles. The lowest BCUT2D eigenvalue weighted by atomic mass is 10.0. The molecule has 0 unspecified atom stereocenters. The van der Waals surface area contributed by atoms with Crippen LogP contribution in [0.25, 0.3) is 0 Å². The lowest BCUT2D eigenvalue weighted by Crippen LogP contribution is -2.46. The van der Waals surface area contributed by atoms with Gasteiger partial charge in [0.1, 0.15) is 28.7 Å². The fraction of sp³-hybridized carbons (Fsp3) is 0.357. The topological polar surface area (TPSA) is 185 Å². The van der Waals surface area contributed by atoms with Crippen molar-refractivity contribution in [3.63, 3.8) is 0 Å². The SMILES string of the molecule is Cc1nonc1C(=O)N1CCNC(=O)c2coc(n2)[C@H](Cc2ccccc2)NC(=O)c2csc(n2)[C@H](C(C)C)NC(=O)C1. The summed E-state index contributed by atoms with van der Waals surface area (Å²) in [6, 6.07) is 8.25. The van der Waals surface area contributed by atoms with E-state index in [1.165, 1.54) is 22.5 Å². The molecule has 4 bridgehead atoms. The number of hydrogen-bond acceptors (Lipinski definition) is 11. The van der Waals surface area contributed by atoms with Crippen molar-refractivity contribution in [3.05, 3.63) is 81.2 Å². The first-order valence-corrected chi connectivity index (χ1v) is 14.5. The number of hydrogen-bond donors (Lipinski definition) is 3. The van der Waals surface area contributed by atoms with Crippen LogP contribution in [0, 0.1) is 12.8 Å². The number of aromatic nitrogens is 4. The molecule has 4 aromatic rings. The Morgan fingerprint density at radius 2 is 1.86 bits per heavy atom. The number of benzene rings is 1. The van der Waals surface area contributed by atoms with Crippen LogP contribution in [-0.2, 0) is 11.2 Å². The van der Waals surface area contributed by atoms with Crippen LogP contribution < -0.4 is 16.0 Å². The number of amides is 4. The van der Waals surface area contributed by atoms with E-state index in [2.05, 4.69) is 40.9 Å². The van der Waals surface area contributed by atoms with E-state index in [0.29, 0.717) is 11.4 Å². The van der Waals surface area contributed by atoms with Crippen molar-refractivity contribution < 1.29 is 28.2 Å². The highest BCUT2D eigenvalue weighted by Gasteiger charge is 2.29. The monoisotopic (exact) mass is 606 g/mol. The number of nitrogens with zero attached hydrogens (tertiary/aromatic N) is 5.